The summed E-state index contributed by atoms with van der Waals surface area (Å²) in [7, 11) is 0. The third kappa shape index (κ3) is 8.98. The second kappa shape index (κ2) is 7.36. The molecular formula is C13H25NO4. The highest BCUT2D eigenvalue weighted by atomic mass is 16.6. The minimum atomic E-state index is -0.612. The minimum Gasteiger partial charge on any atom is -0.444 e. The zero-order valence-corrected chi connectivity index (χ0v) is 11.9. The van der Waals surface area contributed by atoms with Gasteiger partial charge in [-0.3, -0.25) is 4.79 Å². The standard InChI is InChI=1S/C13H25NO4/c1-9(2)6-11(16)7-10(8-15)14-12(17)18-13(3,4)5/h9-10,15H,6-8H2,1-5H3,(H,14,17)/t10-/m0/s1. The topological polar surface area (TPSA) is 75.6 Å². The van der Waals surface area contributed by atoms with Crippen LogP contribution < -0.4 is 5.32 Å². The van der Waals surface area contributed by atoms with Gasteiger partial charge in [-0.1, -0.05) is 13.8 Å². The van der Waals surface area contributed by atoms with Crippen molar-refractivity contribution in [1.29, 1.82) is 0 Å². The molecule has 0 aliphatic rings. The molecule has 0 aromatic carbocycles. The summed E-state index contributed by atoms with van der Waals surface area (Å²) in [4.78, 5) is 23.1. The van der Waals surface area contributed by atoms with Crippen molar-refractivity contribution in [3.63, 3.8) is 0 Å². The number of hydrogen-bond acceptors (Lipinski definition) is 4. The first-order valence-electron chi connectivity index (χ1n) is 6.26. The van der Waals surface area contributed by atoms with Crippen LogP contribution in [0.15, 0.2) is 0 Å². The maximum atomic E-state index is 11.6. The van der Waals surface area contributed by atoms with Crippen molar-refractivity contribution in [3.8, 4) is 0 Å². The number of hydrogen-bond donors (Lipinski definition) is 2. The first kappa shape index (κ1) is 16.9. The first-order chi connectivity index (χ1) is 8.14. The molecule has 106 valence electrons. The van der Waals surface area contributed by atoms with Gasteiger partial charge in [-0.15, -0.1) is 0 Å². The van der Waals surface area contributed by atoms with E-state index in [0.717, 1.165) is 0 Å². The van der Waals surface area contributed by atoms with Crippen LogP contribution in [0, 0.1) is 5.92 Å². The molecule has 1 atom stereocenters. The highest BCUT2D eigenvalue weighted by molar-refractivity contribution is 5.80. The minimum absolute atomic E-state index is 0.0279. The highest BCUT2D eigenvalue weighted by Gasteiger charge is 2.21. The number of Topliss-reactive ketones (excluding diaryl/α,β-unsaturated/α-hetero) is 1. The average Bonchev–Trinajstić information content (AvgIpc) is 2.11. The Balaban J connectivity index is 4.19. The van der Waals surface area contributed by atoms with Crippen LogP contribution in [0.2, 0.25) is 0 Å². The molecule has 0 spiro atoms. The van der Waals surface area contributed by atoms with Crippen molar-refractivity contribution >= 4 is 11.9 Å². The van der Waals surface area contributed by atoms with E-state index in [1.54, 1.807) is 20.8 Å². The summed E-state index contributed by atoms with van der Waals surface area (Å²) < 4.78 is 5.06. The van der Waals surface area contributed by atoms with E-state index in [-0.39, 0.29) is 24.7 Å². The predicted molar refractivity (Wildman–Crippen MR) is 69.3 cm³/mol. The normalized spacial score (nSPS) is 13.3. The van der Waals surface area contributed by atoms with Gasteiger partial charge in [0.25, 0.3) is 0 Å². The van der Waals surface area contributed by atoms with Gasteiger partial charge in [0.2, 0.25) is 0 Å². The summed E-state index contributed by atoms with van der Waals surface area (Å²) in [6.07, 6.45) is -0.0284. The van der Waals surface area contributed by atoms with Crippen molar-refractivity contribution in [1.82, 2.24) is 5.32 Å². The first-order valence-corrected chi connectivity index (χ1v) is 6.26. The van der Waals surface area contributed by atoms with Crippen molar-refractivity contribution in [2.45, 2.75) is 59.1 Å². The van der Waals surface area contributed by atoms with E-state index in [1.807, 2.05) is 13.8 Å². The molecular weight excluding hydrogens is 234 g/mol. The van der Waals surface area contributed by atoms with Crippen molar-refractivity contribution in [2.24, 2.45) is 5.92 Å². The van der Waals surface area contributed by atoms with E-state index in [4.69, 9.17) is 9.84 Å². The predicted octanol–water partition coefficient (Wildman–Crippen LogP) is 1.88. The number of carbonyl (C=O) groups is 2. The van der Waals surface area contributed by atoms with Gasteiger partial charge in [-0.05, 0) is 26.7 Å². The van der Waals surface area contributed by atoms with Crippen molar-refractivity contribution in [3.05, 3.63) is 0 Å². The van der Waals surface area contributed by atoms with Gasteiger partial charge in [-0.2, -0.15) is 0 Å². The monoisotopic (exact) mass is 259 g/mol. The number of aliphatic hydroxyl groups excluding tert-OH is 1. The molecule has 0 saturated heterocycles. The highest BCUT2D eigenvalue weighted by Crippen LogP contribution is 2.08. The van der Waals surface area contributed by atoms with Gasteiger partial charge < -0.3 is 15.2 Å². The van der Waals surface area contributed by atoms with Crippen LogP contribution in [0.3, 0.4) is 0 Å². The largest absolute Gasteiger partial charge is 0.444 e. The molecule has 1 amide bonds. The third-order valence-electron chi connectivity index (χ3n) is 2.05. The Hall–Kier alpha value is -1.10. The van der Waals surface area contributed by atoms with Crippen LogP contribution in [0.1, 0.15) is 47.5 Å². The molecule has 0 aliphatic heterocycles. The molecule has 5 heteroatoms. The molecule has 0 bridgehead atoms. The second-order valence-corrected chi connectivity index (χ2v) is 5.87. The number of ketones is 1. The second-order valence-electron chi connectivity index (χ2n) is 5.87. The molecule has 0 rings (SSSR count). The number of ether oxygens (including phenoxy) is 1. The Morgan fingerprint density at radius 3 is 2.17 bits per heavy atom. The number of amides is 1. The summed E-state index contributed by atoms with van der Waals surface area (Å²) in [5.41, 5.74) is -0.591. The van der Waals surface area contributed by atoms with E-state index < -0.39 is 17.7 Å². The van der Waals surface area contributed by atoms with E-state index in [0.29, 0.717) is 6.42 Å². The molecule has 18 heavy (non-hydrogen) atoms. The van der Waals surface area contributed by atoms with Crippen LogP contribution in [0.25, 0.3) is 0 Å². The van der Waals surface area contributed by atoms with Crippen LogP contribution in [0.4, 0.5) is 4.79 Å². The lowest BCUT2D eigenvalue weighted by Crippen LogP contribution is -2.42. The Bertz CT molecular complexity index is 281. The number of alkyl carbamates (subject to hydrolysis) is 1. The Morgan fingerprint density at radius 2 is 1.78 bits per heavy atom. The number of rotatable bonds is 6. The maximum absolute atomic E-state index is 11.6. The summed E-state index contributed by atoms with van der Waals surface area (Å²) >= 11 is 0. The molecule has 0 fully saturated rings. The average molecular weight is 259 g/mol. The van der Waals surface area contributed by atoms with E-state index >= 15 is 0 Å². The lowest BCUT2D eigenvalue weighted by molar-refractivity contribution is -0.120. The lowest BCUT2D eigenvalue weighted by atomic mass is 10.0. The molecule has 0 aromatic heterocycles. The zero-order chi connectivity index (χ0) is 14.3. The molecule has 0 radical (unpaired) electrons. The Morgan fingerprint density at radius 1 is 1.22 bits per heavy atom. The van der Waals surface area contributed by atoms with Gasteiger partial charge >= 0.3 is 6.09 Å². The summed E-state index contributed by atoms with van der Waals surface area (Å²) in [6, 6.07) is -0.578. The smallest absolute Gasteiger partial charge is 0.407 e. The van der Waals surface area contributed by atoms with E-state index in [9.17, 15) is 9.59 Å². The van der Waals surface area contributed by atoms with Crippen LogP contribution in [-0.2, 0) is 9.53 Å². The van der Waals surface area contributed by atoms with E-state index in [2.05, 4.69) is 5.32 Å². The summed E-state index contributed by atoms with van der Waals surface area (Å²) in [6.45, 7) is 8.89. The SMILES string of the molecule is CC(C)CC(=O)C[C@@H](CO)NC(=O)OC(C)(C)C. The van der Waals surface area contributed by atoms with Gasteiger partial charge in [0.15, 0.2) is 0 Å². The number of carbonyl (C=O) groups excluding carboxylic acids is 2. The fraction of sp³-hybridized carbons (Fsp3) is 0.846. The van der Waals surface area contributed by atoms with Crippen LogP contribution >= 0.6 is 0 Å². The van der Waals surface area contributed by atoms with Crippen LogP contribution in [0.5, 0.6) is 0 Å². The molecule has 0 unspecified atom stereocenters. The number of aliphatic hydroxyl groups is 1. The lowest BCUT2D eigenvalue weighted by Gasteiger charge is -2.22. The summed E-state index contributed by atoms with van der Waals surface area (Å²) in [5, 5.41) is 11.6. The van der Waals surface area contributed by atoms with Crippen molar-refractivity contribution < 1.29 is 19.4 Å². The van der Waals surface area contributed by atoms with Gasteiger partial charge in [-0.25, -0.2) is 4.79 Å². The molecule has 0 saturated carbocycles. The third-order valence-corrected chi connectivity index (χ3v) is 2.05. The number of nitrogens with one attached hydrogen (secondary N) is 1. The molecule has 0 aliphatic carbocycles. The molecule has 2 N–H and O–H groups in total. The molecule has 5 nitrogen and oxygen atoms in total. The van der Waals surface area contributed by atoms with Gasteiger partial charge in [0.1, 0.15) is 11.4 Å². The van der Waals surface area contributed by atoms with Crippen LogP contribution in [-0.4, -0.2) is 35.2 Å². The zero-order valence-electron chi connectivity index (χ0n) is 11.9. The van der Waals surface area contributed by atoms with Gasteiger partial charge in [0.05, 0.1) is 12.6 Å². The quantitative estimate of drug-likeness (QED) is 0.763. The fourth-order valence-electron chi connectivity index (χ4n) is 1.45. The fourth-order valence-corrected chi connectivity index (χ4v) is 1.45. The maximum Gasteiger partial charge on any atom is 0.407 e. The van der Waals surface area contributed by atoms with Gasteiger partial charge in [0, 0.05) is 12.8 Å². The Kier molecular flexibility index (Phi) is 6.91. The van der Waals surface area contributed by atoms with E-state index in [1.165, 1.54) is 0 Å². The van der Waals surface area contributed by atoms with Crippen molar-refractivity contribution in [2.75, 3.05) is 6.61 Å². The molecule has 0 aromatic rings. The molecule has 0 heterocycles. The Labute approximate surface area is 109 Å². The summed E-state index contributed by atoms with van der Waals surface area (Å²) in [5.74, 6) is 0.304.